The van der Waals surface area contributed by atoms with Crippen molar-refractivity contribution in [3.63, 3.8) is 0 Å². The van der Waals surface area contributed by atoms with Gasteiger partial charge >= 0.3 is 0 Å². The van der Waals surface area contributed by atoms with Gasteiger partial charge in [-0.25, -0.2) is 0 Å². The number of carbonyl (C=O) groups is 2. The van der Waals surface area contributed by atoms with Gasteiger partial charge in [-0.3, -0.25) is 9.59 Å². The minimum atomic E-state index is -0.431. The summed E-state index contributed by atoms with van der Waals surface area (Å²) in [4.78, 5) is 29.0. The number of nitrogens with zero attached hydrogens (tertiary/aromatic N) is 2. The molecule has 0 spiro atoms. The highest BCUT2D eigenvalue weighted by atomic mass is 16.7. The molecule has 0 N–H and O–H groups in total. The number of likely N-dealkylation sites (N-methyl/N-ethyl adjacent to an activating group) is 1. The number of rotatable bonds is 1. The van der Waals surface area contributed by atoms with Gasteiger partial charge in [0.05, 0.1) is 6.04 Å². The van der Waals surface area contributed by atoms with E-state index < -0.39 is 6.04 Å². The van der Waals surface area contributed by atoms with E-state index in [-0.39, 0.29) is 36.1 Å². The number of fused-ring (bicyclic) bond motifs is 2. The Labute approximate surface area is 141 Å². The van der Waals surface area contributed by atoms with Crippen molar-refractivity contribution >= 4 is 11.8 Å². The number of benzene rings is 1. The van der Waals surface area contributed by atoms with Crippen LogP contribution in [0.1, 0.15) is 38.8 Å². The summed E-state index contributed by atoms with van der Waals surface area (Å²) in [6.07, 6.45) is 0.660. The van der Waals surface area contributed by atoms with Crippen LogP contribution in [0.5, 0.6) is 11.5 Å². The monoisotopic (exact) mass is 330 g/mol. The summed E-state index contributed by atoms with van der Waals surface area (Å²) < 4.78 is 10.9. The van der Waals surface area contributed by atoms with Crippen molar-refractivity contribution in [3.05, 3.63) is 23.8 Å². The molecule has 3 atom stereocenters. The highest BCUT2D eigenvalue weighted by Crippen LogP contribution is 2.52. The van der Waals surface area contributed by atoms with Gasteiger partial charge in [-0.1, -0.05) is 19.9 Å². The SMILES string of the molecule is C[C@H]1C(=O)N2C(CC(C)(C)[C@@H]2c2ccc3c(c2)OCO3)C(=O)N1C. The second-order valence-corrected chi connectivity index (χ2v) is 7.59. The number of hydrogen-bond acceptors (Lipinski definition) is 4. The van der Waals surface area contributed by atoms with Crippen molar-refractivity contribution in [1.29, 1.82) is 0 Å². The van der Waals surface area contributed by atoms with E-state index in [0.717, 1.165) is 11.3 Å². The van der Waals surface area contributed by atoms with Crippen molar-refractivity contribution in [3.8, 4) is 11.5 Å². The molecule has 0 saturated carbocycles. The summed E-state index contributed by atoms with van der Waals surface area (Å²) in [5.41, 5.74) is 0.791. The summed E-state index contributed by atoms with van der Waals surface area (Å²) >= 11 is 0. The second kappa shape index (κ2) is 4.88. The maximum atomic E-state index is 12.9. The van der Waals surface area contributed by atoms with E-state index in [4.69, 9.17) is 9.47 Å². The number of hydrogen-bond donors (Lipinski definition) is 0. The summed E-state index contributed by atoms with van der Waals surface area (Å²) in [6, 6.07) is 4.83. The van der Waals surface area contributed by atoms with Gasteiger partial charge in [0.1, 0.15) is 12.1 Å². The molecule has 0 aliphatic carbocycles. The van der Waals surface area contributed by atoms with Crippen LogP contribution in [-0.2, 0) is 9.59 Å². The predicted octanol–water partition coefficient (Wildman–Crippen LogP) is 1.94. The van der Waals surface area contributed by atoms with Crippen molar-refractivity contribution in [2.75, 3.05) is 13.8 Å². The van der Waals surface area contributed by atoms with Gasteiger partial charge in [0.15, 0.2) is 11.5 Å². The van der Waals surface area contributed by atoms with Gasteiger partial charge in [0.2, 0.25) is 18.6 Å². The van der Waals surface area contributed by atoms with Crippen LogP contribution in [0, 0.1) is 5.41 Å². The van der Waals surface area contributed by atoms with Crippen molar-refractivity contribution in [1.82, 2.24) is 9.80 Å². The summed E-state index contributed by atoms with van der Waals surface area (Å²) in [6.45, 7) is 6.24. The average Bonchev–Trinajstić information content (AvgIpc) is 3.11. The largest absolute Gasteiger partial charge is 0.454 e. The summed E-state index contributed by atoms with van der Waals surface area (Å²) in [5.74, 6) is 1.46. The van der Waals surface area contributed by atoms with E-state index in [1.165, 1.54) is 0 Å². The van der Waals surface area contributed by atoms with E-state index in [9.17, 15) is 9.59 Å². The van der Waals surface area contributed by atoms with Gasteiger partial charge in [-0.2, -0.15) is 0 Å². The van der Waals surface area contributed by atoms with Crippen LogP contribution in [0.4, 0.5) is 0 Å². The molecule has 3 heterocycles. The van der Waals surface area contributed by atoms with E-state index in [1.54, 1.807) is 23.8 Å². The Morgan fingerprint density at radius 1 is 1.12 bits per heavy atom. The zero-order chi connectivity index (χ0) is 17.2. The Balaban J connectivity index is 1.79. The number of carbonyl (C=O) groups excluding carboxylic acids is 2. The van der Waals surface area contributed by atoms with Crippen LogP contribution in [0.2, 0.25) is 0 Å². The molecule has 4 rings (SSSR count). The Morgan fingerprint density at radius 2 is 1.83 bits per heavy atom. The summed E-state index contributed by atoms with van der Waals surface area (Å²) in [7, 11) is 1.71. The zero-order valence-corrected chi connectivity index (χ0v) is 14.4. The third kappa shape index (κ3) is 1.95. The van der Waals surface area contributed by atoms with Gasteiger partial charge in [0.25, 0.3) is 0 Å². The van der Waals surface area contributed by atoms with Gasteiger partial charge in [0, 0.05) is 7.05 Å². The minimum Gasteiger partial charge on any atom is -0.454 e. The van der Waals surface area contributed by atoms with E-state index >= 15 is 0 Å². The third-order valence-electron chi connectivity index (χ3n) is 5.61. The molecule has 1 aromatic carbocycles. The fourth-order valence-corrected chi connectivity index (χ4v) is 4.25. The fourth-order valence-electron chi connectivity index (χ4n) is 4.25. The standard InChI is InChI=1S/C18H22N2O4/c1-10-16(21)20-12(17(22)19(10)4)8-18(2,3)15(20)11-5-6-13-14(7-11)24-9-23-13/h5-7,10,12,15H,8-9H2,1-4H3/t10-,12?,15-/m0/s1. The lowest BCUT2D eigenvalue weighted by molar-refractivity contribution is -0.159. The first kappa shape index (κ1) is 15.3. The first-order valence-electron chi connectivity index (χ1n) is 8.29. The molecule has 3 aliphatic heterocycles. The highest BCUT2D eigenvalue weighted by molar-refractivity contribution is 5.97. The molecule has 0 bridgehead atoms. The molecule has 0 aromatic heterocycles. The lowest BCUT2D eigenvalue weighted by Gasteiger charge is -2.42. The van der Waals surface area contributed by atoms with Crippen LogP contribution in [0.25, 0.3) is 0 Å². The molecule has 6 nitrogen and oxygen atoms in total. The topological polar surface area (TPSA) is 59.1 Å². The van der Waals surface area contributed by atoms with Gasteiger partial charge in [-0.15, -0.1) is 0 Å². The number of ether oxygens (including phenoxy) is 2. The Hall–Kier alpha value is -2.24. The second-order valence-electron chi connectivity index (χ2n) is 7.59. The first-order valence-corrected chi connectivity index (χ1v) is 8.29. The Morgan fingerprint density at radius 3 is 2.58 bits per heavy atom. The molecule has 24 heavy (non-hydrogen) atoms. The first-order chi connectivity index (χ1) is 11.3. The molecular weight excluding hydrogens is 308 g/mol. The van der Waals surface area contributed by atoms with Crippen molar-refractivity contribution in [2.45, 2.75) is 45.3 Å². The third-order valence-corrected chi connectivity index (χ3v) is 5.61. The van der Waals surface area contributed by atoms with E-state index in [1.807, 2.05) is 18.2 Å². The Bertz CT molecular complexity index is 730. The smallest absolute Gasteiger partial charge is 0.246 e. The molecule has 0 radical (unpaired) electrons. The predicted molar refractivity (Wildman–Crippen MR) is 86.6 cm³/mol. The van der Waals surface area contributed by atoms with Crippen LogP contribution < -0.4 is 9.47 Å². The van der Waals surface area contributed by atoms with Crippen LogP contribution in [-0.4, -0.2) is 47.5 Å². The van der Waals surface area contributed by atoms with E-state index in [2.05, 4.69) is 13.8 Å². The van der Waals surface area contributed by atoms with Crippen molar-refractivity contribution < 1.29 is 19.1 Å². The van der Waals surface area contributed by atoms with Gasteiger partial charge < -0.3 is 19.3 Å². The highest BCUT2D eigenvalue weighted by Gasteiger charge is 2.56. The average molecular weight is 330 g/mol. The zero-order valence-electron chi connectivity index (χ0n) is 14.4. The van der Waals surface area contributed by atoms with E-state index in [0.29, 0.717) is 12.2 Å². The van der Waals surface area contributed by atoms with Crippen LogP contribution >= 0.6 is 0 Å². The molecule has 128 valence electrons. The maximum Gasteiger partial charge on any atom is 0.246 e. The molecule has 2 fully saturated rings. The molecule has 3 aliphatic rings. The molecule has 1 unspecified atom stereocenters. The molecule has 1 aromatic rings. The quantitative estimate of drug-likeness (QED) is 0.790. The fraction of sp³-hybridized carbons (Fsp3) is 0.556. The van der Waals surface area contributed by atoms with Crippen molar-refractivity contribution in [2.24, 2.45) is 5.41 Å². The number of piperazine rings is 1. The van der Waals surface area contributed by atoms with Crippen LogP contribution in [0.3, 0.4) is 0 Å². The molecule has 2 amide bonds. The van der Waals surface area contributed by atoms with Gasteiger partial charge in [-0.05, 0) is 36.5 Å². The maximum absolute atomic E-state index is 12.9. The molecular formula is C18H22N2O4. The normalized spacial score (nSPS) is 30.8. The Kier molecular flexibility index (Phi) is 3.11. The molecule has 2 saturated heterocycles. The molecule has 6 heteroatoms. The number of amides is 2. The lowest BCUT2D eigenvalue weighted by Crippen LogP contribution is -2.60. The summed E-state index contributed by atoms with van der Waals surface area (Å²) in [5, 5.41) is 0. The lowest BCUT2D eigenvalue weighted by atomic mass is 9.80. The minimum absolute atomic E-state index is 0.00958. The van der Waals surface area contributed by atoms with Crippen LogP contribution in [0.15, 0.2) is 18.2 Å².